The lowest BCUT2D eigenvalue weighted by molar-refractivity contribution is -0.154. The molecule has 0 aliphatic rings. The summed E-state index contributed by atoms with van der Waals surface area (Å²) >= 11 is 0. The van der Waals surface area contributed by atoms with Gasteiger partial charge in [0.1, 0.15) is 5.60 Å². The van der Waals surface area contributed by atoms with Crippen LogP contribution in [0.15, 0.2) is 12.2 Å². The third-order valence-electron chi connectivity index (χ3n) is 2.49. The maximum atomic E-state index is 11.4. The van der Waals surface area contributed by atoms with Crippen LogP contribution in [0.5, 0.6) is 0 Å². The van der Waals surface area contributed by atoms with Gasteiger partial charge in [-0.15, -0.1) is 0 Å². The first-order valence-corrected chi connectivity index (χ1v) is 5.34. The van der Waals surface area contributed by atoms with Crippen LogP contribution in [0.4, 0.5) is 0 Å². The molecule has 0 rings (SSSR count). The van der Waals surface area contributed by atoms with Gasteiger partial charge < -0.3 is 4.74 Å². The van der Waals surface area contributed by atoms with Crippen LogP contribution in [0.3, 0.4) is 0 Å². The van der Waals surface area contributed by atoms with E-state index in [2.05, 4.69) is 13.5 Å². The molecule has 82 valence electrons. The highest BCUT2D eigenvalue weighted by molar-refractivity contribution is 5.87. The zero-order valence-corrected chi connectivity index (χ0v) is 9.85. The van der Waals surface area contributed by atoms with Gasteiger partial charge >= 0.3 is 5.97 Å². The van der Waals surface area contributed by atoms with Crippen molar-refractivity contribution in [3.63, 3.8) is 0 Å². The molecule has 0 amide bonds. The summed E-state index contributed by atoms with van der Waals surface area (Å²) in [5, 5.41) is 0. The molecule has 0 aromatic carbocycles. The van der Waals surface area contributed by atoms with E-state index in [4.69, 9.17) is 4.74 Å². The minimum absolute atomic E-state index is 0.273. The van der Waals surface area contributed by atoms with Crippen LogP contribution >= 0.6 is 0 Å². The fourth-order valence-corrected chi connectivity index (χ4v) is 1.16. The summed E-state index contributed by atoms with van der Waals surface area (Å²) in [5.74, 6) is -0.273. The van der Waals surface area contributed by atoms with Crippen molar-refractivity contribution in [3.05, 3.63) is 12.2 Å². The molecule has 0 aliphatic carbocycles. The molecule has 0 heterocycles. The molecule has 1 atom stereocenters. The molecule has 0 aromatic heterocycles. The van der Waals surface area contributed by atoms with Gasteiger partial charge in [-0.05, 0) is 33.1 Å². The van der Waals surface area contributed by atoms with Gasteiger partial charge in [0, 0.05) is 5.57 Å². The lowest BCUT2D eigenvalue weighted by Crippen LogP contribution is -2.31. The van der Waals surface area contributed by atoms with E-state index in [-0.39, 0.29) is 11.6 Å². The molecule has 0 N–H and O–H groups in total. The Morgan fingerprint density at radius 3 is 2.36 bits per heavy atom. The second-order valence-electron chi connectivity index (χ2n) is 4.08. The summed E-state index contributed by atoms with van der Waals surface area (Å²) < 4.78 is 5.41. The second-order valence-corrected chi connectivity index (χ2v) is 4.08. The first-order chi connectivity index (χ1) is 6.45. The van der Waals surface area contributed by atoms with E-state index in [9.17, 15) is 4.79 Å². The topological polar surface area (TPSA) is 26.3 Å². The first-order valence-electron chi connectivity index (χ1n) is 5.34. The van der Waals surface area contributed by atoms with Crippen molar-refractivity contribution in [3.8, 4) is 0 Å². The average molecular weight is 198 g/mol. The predicted octanol–water partition coefficient (Wildman–Crippen LogP) is 3.46. The fourth-order valence-electron chi connectivity index (χ4n) is 1.16. The van der Waals surface area contributed by atoms with E-state index in [1.165, 1.54) is 0 Å². The summed E-state index contributed by atoms with van der Waals surface area (Å²) in [6.45, 7) is 11.4. The van der Waals surface area contributed by atoms with Crippen molar-refractivity contribution in [1.82, 2.24) is 0 Å². The van der Waals surface area contributed by atoms with Gasteiger partial charge in [0.25, 0.3) is 0 Å². The normalized spacial score (nSPS) is 14.6. The Bertz CT molecular complexity index is 208. The van der Waals surface area contributed by atoms with Gasteiger partial charge in [0.2, 0.25) is 0 Å². The number of rotatable bonds is 6. The Labute approximate surface area is 87.3 Å². The number of esters is 1. The molecule has 2 nitrogen and oxygen atoms in total. The summed E-state index contributed by atoms with van der Waals surface area (Å²) in [4.78, 5) is 11.4. The first kappa shape index (κ1) is 13.2. The zero-order chi connectivity index (χ0) is 11.2. The van der Waals surface area contributed by atoms with Crippen molar-refractivity contribution in [2.75, 3.05) is 0 Å². The van der Waals surface area contributed by atoms with Crippen LogP contribution in [0.1, 0.15) is 53.4 Å². The molecule has 0 spiro atoms. The standard InChI is InChI=1S/C12H22O2/c1-6-8-9-12(5,7-2)14-11(13)10(3)4/h3,6-9H2,1-2,4-5H3. The number of unbranched alkanes of at least 4 members (excludes halogenated alkanes) is 1. The predicted molar refractivity (Wildman–Crippen MR) is 59.1 cm³/mol. The molecule has 0 radical (unpaired) electrons. The van der Waals surface area contributed by atoms with E-state index >= 15 is 0 Å². The summed E-state index contributed by atoms with van der Waals surface area (Å²) in [6.07, 6.45) is 4.00. The van der Waals surface area contributed by atoms with E-state index in [0.29, 0.717) is 5.57 Å². The van der Waals surface area contributed by atoms with Gasteiger partial charge in [0.05, 0.1) is 0 Å². The number of hydrogen-bond donors (Lipinski definition) is 0. The van der Waals surface area contributed by atoms with Gasteiger partial charge in [-0.2, -0.15) is 0 Å². The maximum absolute atomic E-state index is 11.4. The molecule has 2 heteroatoms. The maximum Gasteiger partial charge on any atom is 0.333 e. The van der Waals surface area contributed by atoms with Crippen LogP contribution in [0, 0.1) is 0 Å². The Morgan fingerprint density at radius 2 is 2.00 bits per heavy atom. The number of hydrogen-bond acceptors (Lipinski definition) is 2. The molecule has 0 fully saturated rings. The summed E-state index contributed by atoms with van der Waals surface area (Å²) in [7, 11) is 0. The number of carbonyl (C=O) groups excluding carboxylic acids is 1. The molecule has 1 unspecified atom stereocenters. The van der Waals surface area contributed by atoms with E-state index in [1.807, 2.05) is 13.8 Å². The molecule has 0 saturated carbocycles. The highest BCUT2D eigenvalue weighted by Gasteiger charge is 2.25. The third kappa shape index (κ3) is 4.45. The Morgan fingerprint density at radius 1 is 1.43 bits per heavy atom. The highest BCUT2D eigenvalue weighted by Crippen LogP contribution is 2.23. The lowest BCUT2D eigenvalue weighted by Gasteiger charge is -2.28. The van der Waals surface area contributed by atoms with E-state index in [1.54, 1.807) is 6.92 Å². The van der Waals surface area contributed by atoms with Crippen LogP contribution in [0.25, 0.3) is 0 Å². The largest absolute Gasteiger partial charge is 0.456 e. The number of carbonyl (C=O) groups is 1. The van der Waals surface area contributed by atoms with Crippen molar-refractivity contribution < 1.29 is 9.53 Å². The van der Waals surface area contributed by atoms with E-state index < -0.39 is 0 Å². The van der Waals surface area contributed by atoms with Crippen LogP contribution in [0.2, 0.25) is 0 Å². The second kappa shape index (κ2) is 5.84. The van der Waals surface area contributed by atoms with Gasteiger partial charge in [-0.3, -0.25) is 0 Å². The Hall–Kier alpha value is -0.790. The fraction of sp³-hybridized carbons (Fsp3) is 0.750. The molecular formula is C12H22O2. The minimum Gasteiger partial charge on any atom is -0.456 e. The number of ether oxygens (including phenoxy) is 1. The summed E-state index contributed by atoms with van der Waals surface area (Å²) in [6, 6.07) is 0. The zero-order valence-electron chi connectivity index (χ0n) is 9.85. The third-order valence-corrected chi connectivity index (χ3v) is 2.49. The molecule has 0 aliphatic heterocycles. The molecule has 0 saturated heterocycles. The molecule has 14 heavy (non-hydrogen) atoms. The van der Waals surface area contributed by atoms with Crippen LogP contribution in [-0.2, 0) is 9.53 Å². The summed E-state index contributed by atoms with van der Waals surface area (Å²) in [5.41, 5.74) is 0.160. The average Bonchev–Trinajstić information content (AvgIpc) is 2.14. The molecular weight excluding hydrogens is 176 g/mol. The van der Waals surface area contributed by atoms with E-state index in [0.717, 1.165) is 25.7 Å². The highest BCUT2D eigenvalue weighted by atomic mass is 16.6. The van der Waals surface area contributed by atoms with Crippen molar-refractivity contribution in [1.29, 1.82) is 0 Å². The molecule has 0 aromatic rings. The SMILES string of the molecule is C=C(C)C(=O)OC(C)(CC)CCCC. The van der Waals surface area contributed by atoms with Crippen LogP contribution in [-0.4, -0.2) is 11.6 Å². The molecule has 0 bridgehead atoms. The Balaban J connectivity index is 4.24. The van der Waals surface area contributed by atoms with Gasteiger partial charge in [-0.1, -0.05) is 26.8 Å². The smallest absolute Gasteiger partial charge is 0.333 e. The minimum atomic E-state index is -0.313. The van der Waals surface area contributed by atoms with Crippen molar-refractivity contribution in [2.45, 2.75) is 59.0 Å². The quantitative estimate of drug-likeness (QED) is 0.482. The van der Waals surface area contributed by atoms with Gasteiger partial charge in [0.15, 0.2) is 0 Å². The van der Waals surface area contributed by atoms with Gasteiger partial charge in [-0.25, -0.2) is 4.79 Å². The lowest BCUT2D eigenvalue weighted by atomic mass is 9.96. The Kier molecular flexibility index (Phi) is 5.51. The van der Waals surface area contributed by atoms with Crippen molar-refractivity contribution >= 4 is 5.97 Å². The van der Waals surface area contributed by atoms with Crippen LogP contribution < -0.4 is 0 Å². The monoisotopic (exact) mass is 198 g/mol. The van der Waals surface area contributed by atoms with Crippen molar-refractivity contribution in [2.24, 2.45) is 0 Å².